The average Bonchev–Trinajstić information content (AvgIpc) is 3.13. The van der Waals surface area contributed by atoms with Crippen molar-refractivity contribution in [3.05, 3.63) is 114 Å². The van der Waals surface area contributed by atoms with Crippen molar-refractivity contribution in [3.63, 3.8) is 0 Å². The zero-order chi connectivity index (χ0) is 35.7. The normalized spacial score (nSPS) is 11.2. The molecule has 10 nitrogen and oxygen atoms in total. The molecule has 0 saturated carbocycles. The van der Waals surface area contributed by atoms with Crippen molar-refractivity contribution in [3.8, 4) is 23.0 Å². The molecule has 0 saturated heterocycles. The second kappa shape index (κ2) is 19.4. The first kappa shape index (κ1) is 37.2. The number of rotatable bonds is 19. The maximum Gasteiger partial charge on any atom is 0.343 e. The Labute approximate surface area is 293 Å². The van der Waals surface area contributed by atoms with Crippen molar-refractivity contribution < 1.29 is 38.1 Å². The molecule has 1 unspecified atom stereocenters. The number of benzene rings is 4. The molecular weight excluding hydrogens is 636 g/mol. The number of methoxy groups -OCH3 is 1. The lowest BCUT2D eigenvalue weighted by molar-refractivity contribution is -0.119. The molecule has 50 heavy (non-hydrogen) atoms. The molecule has 0 spiro atoms. The second-order valence-corrected chi connectivity index (χ2v) is 11.7. The van der Waals surface area contributed by atoms with Gasteiger partial charge in [-0.25, -0.2) is 4.79 Å². The number of Topliss-reactive ketones (excluding diaryl/α,β-unsaturated/α-hetero) is 1. The third-order valence-corrected chi connectivity index (χ3v) is 7.82. The zero-order valence-corrected chi connectivity index (χ0v) is 28.7. The number of carbonyl (C=O) groups is 4. The number of hydrogen-bond donors (Lipinski definition) is 2. The van der Waals surface area contributed by atoms with Gasteiger partial charge in [-0.1, -0.05) is 56.9 Å². The Bertz CT molecular complexity index is 1710. The fourth-order valence-electron chi connectivity index (χ4n) is 5.01. The maximum atomic E-state index is 13.0. The third kappa shape index (κ3) is 11.8. The van der Waals surface area contributed by atoms with E-state index >= 15 is 0 Å². The van der Waals surface area contributed by atoms with Gasteiger partial charge in [0.25, 0.3) is 11.8 Å². The summed E-state index contributed by atoms with van der Waals surface area (Å²) in [4.78, 5) is 50.7. The number of anilines is 1. The maximum absolute atomic E-state index is 13.0. The SMILES string of the molecule is CCCCCCCOc1ccc(C(=O)Oc2ccc(CC(NC(=O)c3ccc(NC(=O)COc4ccccc4)cc3)C(C)=O)cc2OC)cc1. The van der Waals surface area contributed by atoms with Crippen LogP contribution in [0.5, 0.6) is 23.0 Å². The molecule has 0 radical (unpaired) electrons. The Hall–Kier alpha value is -5.64. The third-order valence-electron chi connectivity index (χ3n) is 7.82. The van der Waals surface area contributed by atoms with Gasteiger partial charge in [-0.05, 0) is 98.1 Å². The summed E-state index contributed by atoms with van der Waals surface area (Å²) in [7, 11) is 1.46. The van der Waals surface area contributed by atoms with Crippen molar-refractivity contribution in [2.75, 3.05) is 25.6 Å². The quantitative estimate of drug-likeness (QED) is 0.0604. The molecule has 4 aromatic carbocycles. The van der Waals surface area contributed by atoms with Crippen molar-refractivity contribution in [1.82, 2.24) is 5.32 Å². The van der Waals surface area contributed by atoms with Gasteiger partial charge in [0.2, 0.25) is 0 Å². The summed E-state index contributed by atoms with van der Waals surface area (Å²) < 4.78 is 22.3. The van der Waals surface area contributed by atoms with Gasteiger partial charge < -0.3 is 29.6 Å². The van der Waals surface area contributed by atoms with Crippen LogP contribution in [0.25, 0.3) is 0 Å². The second-order valence-electron chi connectivity index (χ2n) is 11.7. The van der Waals surface area contributed by atoms with E-state index in [0.29, 0.717) is 46.2 Å². The van der Waals surface area contributed by atoms with Crippen LogP contribution in [0, 0.1) is 0 Å². The van der Waals surface area contributed by atoms with Gasteiger partial charge in [0.15, 0.2) is 23.9 Å². The largest absolute Gasteiger partial charge is 0.494 e. The predicted molar refractivity (Wildman–Crippen MR) is 191 cm³/mol. The molecule has 0 heterocycles. The number of nitrogens with one attached hydrogen (secondary N) is 2. The van der Waals surface area contributed by atoms with E-state index < -0.39 is 17.9 Å². The highest BCUT2D eigenvalue weighted by molar-refractivity contribution is 5.98. The summed E-state index contributed by atoms with van der Waals surface area (Å²) in [6.45, 7) is 4.05. The average molecular weight is 681 g/mol. The summed E-state index contributed by atoms with van der Waals surface area (Å²) in [5.74, 6) is 0.214. The lowest BCUT2D eigenvalue weighted by atomic mass is 10.0. The van der Waals surface area contributed by atoms with Gasteiger partial charge >= 0.3 is 5.97 Å². The van der Waals surface area contributed by atoms with Crippen molar-refractivity contribution in [2.45, 2.75) is 58.4 Å². The van der Waals surface area contributed by atoms with Crippen LogP contribution in [0.1, 0.15) is 72.2 Å². The molecule has 4 aromatic rings. The summed E-state index contributed by atoms with van der Waals surface area (Å²) >= 11 is 0. The van der Waals surface area contributed by atoms with Crippen LogP contribution in [-0.4, -0.2) is 49.9 Å². The Balaban J connectivity index is 1.29. The summed E-state index contributed by atoms with van der Waals surface area (Å²) in [5, 5.41) is 5.51. The molecular formula is C40H44N2O8. The Kier molecular flexibility index (Phi) is 14.4. The molecule has 1 atom stereocenters. The minimum atomic E-state index is -0.827. The van der Waals surface area contributed by atoms with Gasteiger partial charge in [0, 0.05) is 11.3 Å². The van der Waals surface area contributed by atoms with E-state index in [9.17, 15) is 19.2 Å². The Morgan fingerprint density at radius 1 is 0.720 bits per heavy atom. The fraction of sp³-hybridized carbons (Fsp3) is 0.300. The van der Waals surface area contributed by atoms with Gasteiger partial charge in [-0.2, -0.15) is 0 Å². The molecule has 0 aliphatic rings. The van der Waals surface area contributed by atoms with Crippen LogP contribution in [0.2, 0.25) is 0 Å². The molecule has 10 heteroatoms. The molecule has 0 aliphatic heterocycles. The molecule has 0 aliphatic carbocycles. The number of para-hydroxylation sites is 1. The van der Waals surface area contributed by atoms with Crippen LogP contribution in [0.3, 0.4) is 0 Å². The number of ketones is 1. The van der Waals surface area contributed by atoms with E-state index in [2.05, 4.69) is 17.6 Å². The lowest BCUT2D eigenvalue weighted by Gasteiger charge is -2.17. The number of ether oxygens (including phenoxy) is 4. The Morgan fingerprint density at radius 2 is 1.40 bits per heavy atom. The monoisotopic (exact) mass is 680 g/mol. The predicted octanol–water partition coefficient (Wildman–Crippen LogP) is 7.21. The fourth-order valence-corrected chi connectivity index (χ4v) is 5.01. The summed E-state index contributed by atoms with van der Waals surface area (Å²) in [6.07, 6.45) is 5.94. The minimum Gasteiger partial charge on any atom is -0.494 e. The first-order valence-corrected chi connectivity index (χ1v) is 16.8. The van der Waals surface area contributed by atoms with Crippen LogP contribution < -0.4 is 29.6 Å². The van der Waals surface area contributed by atoms with E-state index in [4.69, 9.17) is 18.9 Å². The van der Waals surface area contributed by atoms with E-state index in [-0.39, 0.29) is 30.5 Å². The molecule has 0 bridgehead atoms. The highest BCUT2D eigenvalue weighted by atomic mass is 16.6. The van der Waals surface area contributed by atoms with E-state index in [0.717, 1.165) is 12.8 Å². The number of unbranched alkanes of at least 4 members (excludes halogenated alkanes) is 4. The number of carbonyl (C=O) groups excluding carboxylic acids is 4. The van der Waals surface area contributed by atoms with Gasteiger partial charge in [0.1, 0.15) is 11.5 Å². The van der Waals surface area contributed by atoms with E-state index in [1.807, 2.05) is 18.2 Å². The number of hydrogen-bond acceptors (Lipinski definition) is 8. The highest BCUT2D eigenvalue weighted by Gasteiger charge is 2.21. The molecule has 0 fully saturated rings. The van der Waals surface area contributed by atoms with E-state index in [1.54, 1.807) is 78.9 Å². The summed E-state index contributed by atoms with van der Waals surface area (Å²) in [6, 6.07) is 26.3. The number of amides is 2. The van der Waals surface area contributed by atoms with Crippen LogP contribution >= 0.6 is 0 Å². The summed E-state index contributed by atoms with van der Waals surface area (Å²) in [5.41, 5.74) is 1.86. The Morgan fingerprint density at radius 3 is 2.08 bits per heavy atom. The molecule has 0 aromatic heterocycles. The van der Waals surface area contributed by atoms with Gasteiger partial charge in [0.05, 0.1) is 25.3 Å². The first-order valence-electron chi connectivity index (χ1n) is 16.8. The van der Waals surface area contributed by atoms with Crippen LogP contribution in [0.15, 0.2) is 97.1 Å². The lowest BCUT2D eigenvalue weighted by Crippen LogP contribution is -2.41. The standard InChI is InChI=1S/C40H44N2O8/c1-4-5-6-7-11-24-48-34-21-17-31(18-22-34)40(46)50-36-23-14-29(26-37(36)47-3)25-35(28(2)43)42-39(45)30-15-19-32(20-16-30)41-38(44)27-49-33-12-9-8-10-13-33/h8-10,12-23,26,35H,4-7,11,24-25,27H2,1-3H3,(H,41,44)(H,42,45). The van der Waals surface area contributed by atoms with Gasteiger partial charge in [-0.15, -0.1) is 0 Å². The number of esters is 1. The van der Waals surface area contributed by atoms with Crippen molar-refractivity contribution in [1.29, 1.82) is 0 Å². The highest BCUT2D eigenvalue weighted by Crippen LogP contribution is 2.30. The topological polar surface area (TPSA) is 129 Å². The first-order chi connectivity index (χ1) is 24.2. The van der Waals surface area contributed by atoms with Crippen molar-refractivity contribution >= 4 is 29.3 Å². The van der Waals surface area contributed by atoms with E-state index in [1.165, 1.54) is 33.3 Å². The minimum absolute atomic E-state index is 0.163. The molecule has 2 amide bonds. The van der Waals surface area contributed by atoms with Crippen LogP contribution in [-0.2, 0) is 16.0 Å². The van der Waals surface area contributed by atoms with Gasteiger partial charge in [-0.3, -0.25) is 14.4 Å². The molecule has 4 rings (SSSR count). The smallest absolute Gasteiger partial charge is 0.343 e. The molecule has 262 valence electrons. The molecule has 2 N–H and O–H groups in total. The van der Waals surface area contributed by atoms with Crippen LogP contribution in [0.4, 0.5) is 5.69 Å². The zero-order valence-electron chi connectivity index (χ0n) is 28.7. The van der Waals surface area contributed by atoms with Crippen molar-refractivity contribution in [2.24, 2.45) is 0 Å².